The Hall–Kier alpha value is -2.55. The zero-order valence-corrected chi connectivity index (χ0v) is 20.1. The lowest BCUT2D eigenvalue weighted by Gasteiger charge is -2.27. The molecule has 168 valence electrons. The average Bonchev–Trinajstić information content (AvgIpc) is 2.77. The number of rotatable bonds is 13. The second-order valence-corrected chi connectivity index (χ2v) is 8.84. The zero-order valence-electron chi connectivity index (χ0n) is 20.1. The van der Waals surface area contributed by atoms with Crippen LogP contribution in [-0.2, 0) is 4.79 Å². The fraction of sp³-hybridized carbons (Fsp3) is 0.464. The van der Waals surface area contributed by atoms with E-state index < -0.39 is 0 Å². The van der Waals surface area contributed by atoms with Gasteiger partial charge in [0, 0.05) is 45.5 Å². The first-order valence-electron chi connectivity index (χ1n) is 11.6. The van der Waals surface area contributed by atoms with Gasteiger partial charge in [-0.15, -0.1) is 0 Å². The van der Waals surface area contributed by atoms with E-state index >= 15 is 0 Å². The van der Waals surface area contributed by atoms with Gasteiger partial charge in [-0.3, -0.25) is 4.79 Å². The van der Waals surface area contributed by atoms with Gasteiger partial charge in [0.25, 0.3) is 0 Å². The van der Waals surface area contributed by atoms with Crippen LogP contribution in [0.4, 0.5) is 11.4 Å². The summed E-state index contributed by atoms with van der Waals surface area (Å²) in [6.07, 6.45) is 12.1. The number of hydrogen-bond acceptors (Lipinski definition) is 3. The van der Waals surface area contributed by atoms with Crippen molar-refractivity contribution in [2.45, 2.75) is 51.4 Å². The number of unbranched alkanes of at least 4 members (excludes halogenated alkanes) is 4. The van der Waals surface area contributed by atoms with Gasteiger partial charge in [-0.2, -0.15) is 0 Å². The van der Waals surface area contributed by atoms with E-state index in [1.807, 2.05) is 0 Å². The highest BCUT2D eigenvalue weighted by atomic mass is 16.1. The lowest BCUT2D eigenvalue weighted by atomic mass is 9.78. The van der Waals surface area contributed by atoms with Crippen molar-refractivity contribution in [1.82, 2.24) is 0 Å². The zero-order chi connectivity index (χ0) is 22.6. The molecule has 3 nitrogen and oxygen atoms in total. The van der Waals surface area contributed by atoms with Gasteiger partial charge in [0.1, 0.15) is 6.29 Å². The number of aldehydes is 1. The molecule has 31 heavy (non-hydrogen) atoms. The smallest absolute Gasteiger partial charge is 0.142 e. The first kappa shape index (κ1) is 24.7. The Morgan fingerprint density at radius 3 is 1.65 bits per heavy atom. The average molecular weight is 421 g/mol. The lowest BCUT2D eigenvalue weighted by molar-refractivity contribution is -0.104. The van der Waals surface area contributed by atoms with Crippen LogP contribution in [0.2, 0.25) is 0 Å². The van der Waals surface area contributed by atoms with Gasteiger partial charge >= 0.3 is 0 Å². The number of anilines is 2. The molecule has 0 saturated carbocycles. The molecular weight excluding hydrogens is 380 g/mol. The van der Waals surface area contributed by atoms with Crippen molar-refractivity contribution in [2.24, 2.45) is 5.92 Å². The molecule has 2 aromatic carbocycles. The van der Waals surface area contributed by atoms with E-state index in [0.29, 0.717) is 5.92 Å². The molecule has 0 heterocycles. The Labute approximate surface area is 189 Å². The van der Waals surface area contributed by atoms with Crippen LogP contribution in [0.5, 0.6) is 0 Å². The summed E-state index contributed by atoms with van der Waals surface area (Å²) in [5.74, 6) is 0.525. The number of benzene rings is 2. The predicted molar refractivity (Wildman–Crippen MR) is 135 cm³/mol. The van der Waals surface area contributed by atoms with Crippen LogP contribution in [-0.4, -0.2) is 34.5 Å². The van der Waals surface area contributed by atoms with Gasteiger partial charge in [0.15, 0.2) is 0 Å². The van der Waals surface area contributed by atoms with Crippen molar-refractivity contribution in [2.75, 3.05) is 38.0 Å². The molecule has 0 aliphatic carbocycles. The first-order chi connectivity index (χ1) is 15.0. The summed E-state index contributed by atoms with van der Waals surface area (Å²) >= 11 is 0. The summed E-state index contributed by atoms with van der Waals surface area (Å²) in [4.78, 5) is 15.4. The van der Waals surface area contributed by atoms with E-state index in [9.17, 15) is 4.79 Å². The van der Waals surface area contributed by atoms with Gasteiger partial charge in [0.05, 0.1) is 0 Å². The fourth-order valence-corrected chi connectivity index (χ4v) is 4.19. The molecule has 0 bridgehead atoms. The Morgan fingerprint density at radius 2 is 1.23 bits per heavy atom. The fourth-order valence-electron chi connectivity index (χ4n) is 4.19. The number of nitrogens with zero attached hydrogens (tertiary/aromatic N) is 2. The highest BCUT2D eigenvalue weighted by Gasteiger charge is 2.23. The predicted octanol–water partition coefficient (Wildman–Crippen LogP) is 6.68. The molecule has 0 fully saturated rings. The Morgan fingerprint density at radius 1 is 0.742 bits per heavy atom. The van der Waals surface area contributed by atoms with Crippen LogP contribution in [0.25, 0.3) is 0 Å². The molecule has 2 aromatic rings. The van der Waals surface area contributed by atoms with E-state index in [-0.39, 0.29) is 5.92 Å². The van der Waals surface area contributed by atoms with Crippen molar-refractivity contribution in [3.8, 4) is 0 Å². The number of allylic oxidation sites excluding steroid dienone is 2. The summed E-state index contributed by atoms with van der Waals surface area (Å²) in [6, 6.07) is 17.8. The van der Waals surface area contributed by atoms with Gasteiger partial charge in [-0.1, -0.05) is 69.4 Å². The quantitative estimate of drug-likeness (QED) is 0.205. The van der Waals surface area contributed by atoms with Crippen LogP contribution in [0.3, 0.4) is 0 Å². The van der Waals surface area contributed by atoms with E-state index in [2.05, 4.69) is 99.5 Å². The van der Waals surface area contributed by atoms with Gasteiger partial charge in [0.2, 0.25) is 0 Å². The van der Waals surface area contributed by atoms with E-state index in [1.165, 1.54) is 54.6 Å². The van der Waals surface area contributed by atoms with Gasteiger partial charge < -0.3 is 9.80 Å². The summed E-state index contributed by atoms with van der Waals surface area (Å²) in [6.45, 7) is 2.25. The van der Waals surface area contributed by atoms with E-state index in [0.717, 1.165) is 12.7 Å². The minimum Gasteiger partial charge on any atom is -0.378 e. The maximum atomic E-state index is 11.2. The van der Waals surface area contributed by atoms with Crippen LogP contribution in [0.15, 0.2) is 60.7 Å². The normalized spacial score (nSPS) is 12.3. The van der Waals surface area contributed by atoms with Gasteiger partial charge in [-0.25, -0.2) is 0 Å². The topological polar surface area (TPSA) is 23.6 Å². The molecule has 0 unspecified atom stereocenters. The first-order valence-corrected chi connectivity index (χ1v) is 11.6. The Kier molecular flexibility index (Phi) is 10.4. The van der Waals surface area contributed by atoms with Crippen molar-refractivity contribution in [1.29, 1.82) is 0 Å². The minimum absolute atomic E-state index is 0.231. The van der Waals surface area contributed by atoms with Crippen LogP contribution in [0.1, 0.15) is 62.5 Å². The highest BCUT2D eigenvalue weighted by Crippen LogP contribution is 2.37. The summed E-state index contributed by atoms with van der Waals surface area (Å²) in [5, 5.41) is 0. The molecule has 0 amide bonds. The molecule has 3 heteroatoms. The standard InChI is InChI=1S/C28H40N2O/c1-6-7-8-9-10-12-23(13-11-22-31)28(24-14-18-26(19-15-24)29(2)3)25-16-20-27(21-17-25)30(4)5/h11,13-23,28H,6-10,12H2,1-5H3/b13-11+/t23-/m1/s1. The molecule has 0 spiro atoms. The molecule has 1 atom stereocenters. The minimum atomic E-state index is 0.231. The second kappa shape index (κ2) is 13.0. The molecule has 0 aliphatic heterocycles. The SMILES string of the molecule is CCCCCCC[C@H](/C=C/C=O)C(c1ccc(N(C)C)cc1)c1ccc(N(C)C)cc1. The van der Waals surface area contributed by atoms with Crippen LogP contribution < -0.4 is 9.80 Å². The summed E-state index contributed by atoms with van der Waals surface area (Å²) in [7, 11) is 8.27. The van der Waals surface area contributed by atoms with Crippen molar-refractivity contribution < 1.29 is 4.79 Å². The van der Waals surface area contributed by atoms with Crippen LogP contribution in [0, 0.1) is 5.92 Å². The molecule has 0 aromatic heterocycles. The molecule has 2 rings (SSSR count). The number of carbonyl (C=O) groups is 1. The van der Waals surface area contributed by atoms with E-state index in [4.69, 9.17) is 0 Å². The Balaban J connectivity index is 2.38. The summed E-state index contributed by atoms with van der Waals surface area (Å²) < 4.78 is 0. The third-order valence-electron chi connectivity index (χ3n) is 6.04. The van der Waals surface area contributed by atoms with E-state index in [1.54, 1.807) is 6.08 Å². The lowest BCUT2D eigenvalue weighted by Crippen LogP contribution is -2.15. The maximum Gasteiger partial charge on any atom is 0.142 e. The Bertz CT molecular complexity index is 739. The largest absolute Gasteiger partial charge is 0.378 e. The van der Waals surface area contributed by atoms with Crippen molar-refractivity contribution in [3.63, 3.8) is 0 Å². The van der Waals surface area contributed by atoms with Crippen molar-refractivity contribution >= 4 is 17.7 Å². The third kappa shape index (κ3) is 7.57. The molecule has 0 N–H and O–H groups in total. The third-order valence-corrected chi connectivity index (χ3v) is 6.04. The molecule has 0 aliphatic rings. The maximum absolute atomic E-state index is 11.2. The van der Waals surface area contributed by atoms with Gasteiger partial charge in [-0.05, 0) is 53.8 Å². The molecule has 0 saturated heterocycles. The number of carbonyl (C=O) groups excluding carboxylic acids is 1. The molecular formula is C28H40N2O. The number of hydrogen-bond donors (Lipinski definition) is 0. The monoisotopic (exact) mass is 420 g/mol. The van der Waals surface area contributed by atoms with Crippen LogP contribution >= 0.6 is 0 Å². The highest BCUT2D eigenvalue weighted by molar-refractivity contribution is 5.64. The second-order valence-electron chi connectivity index (χ2n) is 8.84. The van der Waals surface area contributed by atoms with Crippen molar-refractivity contribution in [3.05, 3.63) is 71.8 Å². The molecule has 0 radical (unpaired) electrons. The summed E-state index contributed by atoms with van der Waals surface area (Å²) in [5.41, 5.74) is 5.00.